The van der Waals surface area contributed by atoms with Crippen LogP contribution in [0.3, 0.4) is 0 Å². The molecule has 0 bridgehead atoms. The second kappa shape index (κ2) is 3.96. The number of benzene rings is 1. The van der Waals surface area contributed by atoms with Crippen LogP contribution in [0.1, 0.15) is 6.92 Å². The van der Waals surface area contributed by atoms with Crippen molar-refractivity contribution in [3.8, 4) is 0 Å². The molecular formula is C11H13N3. The van der Waals surface area contributed by atoms with Gasteiger partial charge in [-0.15, -0.1) is 0 Å². The Hall–Kier alpha value is -1.77. The second-order valence-electron chi connectivity index (χ2n) is 3.03. The van der Waals surface area contributed by atoms with Crippen LogP contribution in [0, 0.1) is 0 Å². The Kier molecular flexibility index (Phi) is 2.49. The van der Waals surface area contributed by atoms with E-state index >= 15 is 0 Å². The van der Waals surface area contributed by atoms with Crippen molar-refractivity contribution in [2.24, 2.45) is 0 Å². The third-order valence-corrected chi connectivity index (χ3v) is 2.09. The number of hydrogen-bond acceptors (Lipinski definition) is 2. The van der Waals surface area contributed by atoms with E-state index in [0.717, 1.165) is 18.2 Å². The van der Waals surface area contributed by atoms with Crippen LogP contribution in [0.5, 0.6) is 0 Å². The van der Waals surface area contributed by atoms with Crippen molar-refractivity contribution in [3.63, 3.8) is 0 Å². The zero-order chi connectivity index (χ0) is 9.80. The van der Waals surface area contributed by atoms with Gasteiger partial charge >= 0.3 is 0 Å². The minimum Gasteiger partial charge on any atom is -0.326 e. The highest BCUT2D eigenvalue weighted by Gasteiger charge is 1.99. The van der Waals surface area contributed by atoms with Crippen molar-refractivity contribution in [3.05, 3.63) is 42.7 Å². The summed E-state index contributed by atoms with van der Waals surface area (Å²) in [6, 6.07) is 10.0. The molecule has 2 rings (SSSR count). The molecule has 0 saturated heterocycles. The summed E-state index contributed by atoms with van der Waals surface area (Å²) < 4.78 is 2.06. The zero-order valence-corrected chi connectivity index (χ0v) is 8.14. The first-order valence-electron chi connectivity index (χ1n) is 4.73. The van der Waals surface area contributed by atoms with E-state index in [1.807, 2.05) is 36.5 Å². The standard InChI is InChI=1S/C11H13N3/c1-2-14-9-8-12-11(14)13-10-6-4-3-5-7-10/h3-9H,2H2,1H3,(H,12,13). The molecule has 3 nitrogen and oxygen atoms in total. The summed E-state index contributed by atoms with van der Waals surface area (Å²) in [4.78, 5) is 4.23. The van der Waals surface area contributed by atoms with Gasteiger partial charge < -0.3 is 9.88 Å². The average Bonchev–Trinajstić information content (AvgIpc) is 2.67. The van der Waals surface area contributed by atoms with E-state index in [1.165, 1.54) is 0 Å². The van der Waals surface area contributed by atoms with Gasteiger partial charge in [0.2, 0.25) is 5.95 Å². The fraction of sp³-hybridized carbons (Fsp3) is 0.182. The minimum atomic E-state index is 0.888. The fourth-order valence-electron chi connectivity index (χ4n) is 1.34. The summed E-state index contributed by atoms with van der Waals surface area (Å²) in [5, 5.41) is 3.26. The molecular weight excluding hydrogens is 174 g/mol. The summed E-state index contributed by atoms with van der Waals surface area (Å²) >= 11 is 0. The maximum Gasteiger partial charge on any atom is 0.207 e. The number of aromatic nitrogens is 2. The van der Waals surface area contributed by atoms with E-state index in [2.05, 4.69) is 21.8 Å². The molecule has 0 spiro atoms. The van der Waals surface area contributed by atoms with Gasteiger partial charge in [-0.05, 0) is 19.1 Å². The molecule has 0 aliphatic heterocycles. The van der Waals surface area contributed by atoms with Crippen molar-refractivity contribution < 1.29 is 0 Å². The lowest BCUT2D eigenvalue weighted by atomic mass is 10.3. The van der Waals surface area contributed by atoms with Crippen LogP contribution in [0.2, 0.25) is 0 Å². The van der Waals surface area contributed by atoms with Crippen LogP contribution in [0.4, 0.5) is 11.6 Å². The number of rotatable bonds is 3. The van der Waals surface area contributed by atoms with E-state index in [9.17, 15) is 0 Å². The number of nitrogens with one attached hydrogen (secondary N) is 1. The monoisotopic (exact) mass is 187 g/mol. The highest BCUT2D eigenvalue weighted by Crippen LogP contribution is 2.13. The Balaban J connectivity index is 2.19. The molecule has 0 fully saturated rings. The van der Waals surface area contributed by atoms with Gasteiger partial charge in [0, 0.05) is 24.6 Å². The Morgan fingerprint density at radius 1 is 1.29 bits per heavy atom. The van der Waals surface area contributed by atoms with Gasteiger partial charge in [0.05, 0.1) is 0 Å². The van der Waals surface area contributed by atoms with E-state index in [4.69, 9.17) is 0 Å². The molecule has 0 radical (unpaired) electrons. The quantitative estimate of drug-likeness (QED) is 0.800. The van der Waals surface area contributed by atoms with Crippen LogP contribution in [-0.4, -0.2) is 9.55 Å². The first-order chi connectivity index (χ1) is 6.90. The fourth-order valence-corrected chi connectivity index (χ4v) is 1.34. The van der Waals surface area contributed by atoms with Crippen molar-refractivity contribution in [1.82, 2.24) is 9.55 Å². The SMILES string of the molecule is CCn1ccnc1Nc1ccccc1. The normalized spacial score (nSPS) is 10.1. The Labute approximate surface area is 83.4 Å². The Morgan fingerprint density at radius 2 is 2.07 bits per heavy atom. The van der Waals surface area contributed by atoms with Crippen molar-refractivity contribution in [1.29, 1.82) is 0 Å². The number of imidazole rings is 1. The Bertz CT molecular complexity index is 392. The van der Waals surface area contributed by atoms with Crippen LogP contribution >= 0.6 is 0 Å². The molecule has 1 aromatic heterocycles. The number of hydrogen-bond donors (Lipinski definition) is 1. The maximum absolute atomic E-state index is 4.23. The predicted molar refractivity (Wildman–Crippen MR) is 57.6 cm³/mol. The second-order valence-corrected chi connectivity index (χ2v) is 3.03. The van der Waals surface area contributed by atoms with E-state index < -0.39 is 0 Å². The summed E-state index contributed by atoms with van der Waals surface area (Å²) in [5.41, 5.74) is 1.06. The van der Waals surface area contributed by atoms with Gasteiger partial charge in [0.25, 0.3) is 0 Å². The molecule has 14 heavy (non-hydrogen) atoms. The third-order valence-electron chi connectivity index (χ3n) is 2.09. The highest BCUT2D eigenvalue weighted by atomic mass is 15.2. The van der Waals surface area contributed by atoms with Gasteiger partial charge in [-0.1, -0.05) is 18.2 Å². The summed E-state index contributed by atoms with van der Waals surface area (Å²) in [5.74, 6) is 0.888. The van der Waals surface area contributed by atoms with E-state index in [-0.39, 0.29) is 0 Å². The number of nitrogens with zero attached hydrogens (tertiary/aromatic N) is 2. The van der Waals surface area contributed by atoms with Crippen LogP contribution in [0.15, 0.2) is 42.7 Å². The maximum atomic E-state index is 4.23. The number of anilines is 2. The largest absolute Gasteiger partial charge is 0.326 e. The first kappa shape index (κ1) is 8.81. The van der Waals surface area contributed by atoms with Crippen molar-refractivity contribution in [2.75, 3.05) is 5.32 Å². The van der Waals surface area contributed by atoms with Gasteiger partial charge in [-0.2, -0.15) is 0 Å². The van der Waals surface area contributed by atoms with Crippen molar-refractivity contribution >= 4 is 11.6 Å². The molecule has 0 aliphatic rings. The Morgan fingerprint density at radius 3 is 2.79 bits per heavy atom. The minimum absolute atomic E-state index is 0.888. The average molecular weight is 187 g/mol. The molecule has 3 heteroatoms. The molecule has 0 atom stereocenters. The predicted octanol–water partition coefficient (Wildman–Crippen LogP) is 2.65. The van der Waals surface area contributed by atoms with E-state index in [1.54, 1.807) is 6.20 Å². The molecule has 72 valence electrons. The number of aryl methyl sites for hydroxylation is 1. The van der Waals surface area contributed by atoms with Crippen molar-refractivity contribution in [2.45, 2.75) is 13.5 Å². The molecule has 1 N–H and O–H groups in total. The van der Waals surface area contributed by atoms with Crippen LogP contribution < -0.4 is 5.32 Å². The van der Waals surface area contributed by atoms with Crippen LogP contribution in [-0.2, 0) is 6.54 Å². The summed E-state index contributed by atoms with van der Waals surface area (Å²) in [6.45, 7) is 3.02. The number of para-hydroxylation sites is 1. The molecule has 2 aromatic rings. The molecule has 1 heterocycles. The smallest absolute Gasteiger partial charge is 0.207 e. The topological polar surface area (TPSA) is 29.9 Å². The summed E-state index contributed by atoms with van der Waals surface area (Å²) in [7, 11) is 0. The molecule has 0 saturated carbocycles. The van der Waals surface area contributed by atoms with E-state index in [0.29, 0.717) is 0 Å². The lowest BCUT2D eigenvalue weighted by Crippen LogP contribution is -2.00. The lowest BCUT2D eigenvalue weighted by Gasteiger charge is -2.06. The van der Waals surface area contributed by atoms with Crippen LogP contribution in [0.25, 0.3) is 0 Å². The summed E-state index contributed by atoms with van der Waals surface area (Å²) in [6.07, 6.45) is 3.76. The van der Waals surface area contributed by atoms with Gasteiger partial charge in [0.15, 0.2) is 0 Å². The van der Waals surface area contributed by atoms with Gasteiger partial charge in [-0.3, -0.25) is 0 Å². The molecule has 1 aromatic carbocycles. The third kappa shape index (κ3) is 1.76. The first-order valence-corrected chi connectivity index (χ1v) is 4.73. The zero-order valence-electron chi connectivity index (χ0n) is 8.14. The lowest BCUT2D eigenvalue weighted by molar-refractivity contribution is 0.772. The highest BCUT2D eigenvalue weighted by molar-refractivity contribution is 5.52. The van der Waals surface area contributed by atoms with Gasteiger partial charge in [-0.25, -0.2) is 4.98 Å². The van der Waals surface area contributed by atoms with Gasteiger partial charge in [0.1, 0.15) is 0 Å². The molecule has 0 amide bonds. The molecule has 0 unspecified atom stereocenters. The molecule has 0 aliphatic carbocycles.